The normalized spacial score (nSPS) is 12.9. The van der Waals surface area contributed by atoms with Crippen LogP contribution in [0.15, 0.2) is 83.8 Å². The van der Waals surface area contributed by atoms with E-state index in [2.05, 4.69) is 10.0 Å². The maximum absolute atomic E-state index is 13.3. The van der Waals surface area contributed by atoms with Crippen molar-refractivity contribution < 1.29 is 26.4 Å². The number of carbonyl (C=O) groups is 1. The van der Waals surface area contributed by atoms with E-state index in [1.807, 2.05) is 0 Å². The van der Waals surface area contributed by atoms with E-state index in [0.717, 1.165) is 12.1 Å². The summed E-state index contributed by atoms with van der Waals surface area (Å²) < 4.78 is 67.8. The van der Waals surface area contributed by atoms with Crippen molar-refractivity contribution in [2.75, 3.05) is 5.32 Å². The topological polar surface area (TPSA) is 75.3 Å². The Morgan fingerprint density at radius 1 is 0.906 bits per heavy atom. The summed E-state index contributed by atoms with van der Waals surface area (Å²) in [5, 5.41) is 2.54. The number of benzene rings is 3. The Morgan fingerprint density at radius 3 is 2.12 bits per heavy atom. The zero-order chi connectivity index (χ0) is 23.4. The molecule has 0 saturated carbocycles. The van der Waals surface area contributed by atoms with Gasteiger partial charge in [-0.25, -0.2) is 8.42 Å². The van der Waals surface area contributed by atoms with Crippen LogP contribution in [0.3, 0.4) is 0 Å². The van der Waals surface area contributed by atoms with Crippen molar-refractivity contribution in [3.63, 3.8) is 0 Å². The number of halogens is 4. The minimum Gasteiger partial charge on any atom is -0.324 e. The van der Waals surface area contributed by atoms with E-state index in [9.17, 15) is 26.4 Å². The van der Waals surface area contributed by atoms with Crippen LogP contribution in [-0.2, 0) is 27.4 Å². The van der Waals surface area contributed by atoms with Crippen LogP contribution in [0.25, 0.3) is 0 Å². The number of hydrogen-bond acceptors (Lipinski definition) is 3. The molecule has 0 aromatic heterocycles. The summed E-state index contributed by atoms with van der Waals surface area (Å²) in [6, 6.07) is 16.9. The van der Waals surface area contributed by atoms with Crippen molar-refractivity contribution >= 4 is 33.2 Å². The summed E-state index contributed by atoms with van der Waals surface area (Å²) in [7, 11) is -4.16. The minimum atomic E-state index is -4.69. The van der Waals surface area contributed by atoms with E-state index in [1.54, 1.807) is 30.3 Å². The maximum Gasteiger partial charge on any atom is 0.418 e. The molecule has 1 amide bonds. The van der Waals surface area contributed by atoms with Crippen LogP contribution in [-0.4, -0.2) is 20.4 Å². The molecule has 10 heteroatoms. The Balaban J connectivity index is 1.91. The first-order valence-electron chi connectivity index (χ1n) is 9.35. The van der Waals surface area contributed by atoms with Crippen LogP contribution < -0.4 is 10.0 Å². The highest BCUT2D eigenvalue weighted by atomic mass is 35.5. The Morgan fingerprint density at radius 2 is 1.50 bits per heavy atom. The van der Waals surface area contributed by atoms with E-state index in [4.69, 9.17) is 11.6 Å². The molecule has 0 spiro atoms. The molecule has 0 fully saturated rings. The smallest absolute Gasteiger partial charge is 0.324 e. The summed E-state index contributed by atoms with van der Waals surface area (Å²) in [5.41, 5.74) is -0.878. The van der Waals surface area contributed by atoms with Crippen molar-refractivity contribution in [1.29, 1.82) is 0 Å². The molecule has 0 unspecified atom stereocenters. The molecule has 3 aromatic carbocycles. The summed E-state index contributed by atoms with van der Waals surface area (Å²) in [6.07, 6.45) is -4.77. The second-order valence-electron chi connectivity index (χ2n) is 6.85. The van der Waals surface area contributed by atoms with Gasteiger partial charge < -0.3 is 5.32 Å². The Hall–Kier alpha value is -2.88. The lowest BCUT2D eigenvalue weighted by Gasteiger charge is -2.20. The van der Waals surface area contributed by atoms with Gasteiger partial charge in [-0.3, -0.25) is 4.79 Å². The van der Waals surface area contributed by atoms with Crippen LogP contribution in [0, 0.1) is 0 Å². The molecule has 0 heterocycles. The van der Waals surface area contributed by atoms with Gasteiger partial charge in [0.1, 0.15) is 6.04 Å². The van der Waals surface area contributed by atoms with Gasteiger partial charge in [-0.1, -0.05) is 54.1 Å². The number of anilines is 1. The van der Waals surface area contributed by atoms with Crippen molar-refractivity contribution in [2.45, 2.75) is 23.5 Å². The molecule has 0 aliphatic carbocycles. The van der Waals surface area contributed by atoms with Gasteiger partial charge in [0.15, 0.2) is 0 Å². The molecule has 32 heavy (non-hydrogen) atoms. The molecule has 168 valence electrons. The predicted octanol–water partition coefficient (Wildman–Crippen LogP) is 4.89. The van der Waals surface area contributed by atoms with Crippen LogP contribution in [0.5, 0.6) is 0 Å². The van der Waals surface area contributed by atoms with E-state index in [1.165, 1.54) is 36.4 Å². The highest BCUT2D eigenvalue weighted by Crippen LogP contribution is 2.34. The van der Waals surface area contributed by atoms with E-state index < -0.39 is 39.4 Å². The van der Waals surface area contributed by atoms with Crippen LogP contribution in [0.2, 0.25) is 5.02 Å². The fourth-order valence-electron chi connectivity index (χ4n) is 2.97. The molecule has 0 radical (unpaired) electrons. The standard InChI is InChI=1S/C22H18ClF3N2O3S/c23-16-10-12-17(13-11-16)32(30,31)28-20(14-15-6-2-1-3-7-15)21(29)27-19-9-5-4-8-18(19)22(24,25)26/h1-13,20,28H,14H2,(H,27,29)/t20-/m0/s1. The highest BCUT2D eigenvalue weighted by Gasteiger charge is 2.34. The molecule has 3 aromatic rings. The van der Waals surface area contributed by atoms with Gasteiger partial charge in [0, 0.05) is 5.02 Å². The summed E-state index contributed by atoms with van der Waals surface area (Å²) >= 11 is 5.80. The average molecular weight is 483 g/mol. The molecule has 0 bridgehead atoms. The van der Waals surface area contributed by atoms with Crippen molar-refractivity contribution in [1.82, 2.24) is 4.72 Å². The zero-order valence-corrected chi connectivity index (χ0v) is 18.0. The minimum absolute atomic E-state index is 0.0757. The molecule has 0 aliphatic rings. The monoisotopic (exact) mass is 482 g/mol. The molecule has 3 rings (SSSR count). The van der Waals surface area contributed by atoms with Crippen LogP contribution in [0.1, 0.15) is 11.1 Å². The van der Waals surface area contributed by atoms with E-state index >= 15 is 0 Å². The fourth-order valence-corrected chi connectivity index (χ4v) is 4.29. The predicted molar refractivity (Wildman–Crippen MR) is 116 cm³/mol. The lowest BCUT2D eigenvalue weighted by Crippen LogP contribution is -2.45. The quantitative estimate of drug-likeness (QED) is 0.503. The molecule has 0 aliphatic heterocycles. The maximum atomic E-state index is 13.3. The summed E-state index contributed by atoms with van der Waals surface area (Å²) in [6.45, 7) is 0. The SMILES string of the molecule is O=C(Nc1ccccc1C(F)(F)F)[C@H](Cc1ccccc1)NS(=O)(=O)c1ccc(Cl)cc1. The van der Waals surface area contributed by atoms with Gasteiger partial charge >= 0.3 is 6.18 Å². The van der Waals surface area contributed by atoms with E-state index in [-0.39, 0.29) is 11.3 Å². The molecular weight excluding hydrogens is 465 g/mol. The number of amides is 1. The van der Waals surface area contributed by atoms with Crippen molar-refractivity contribution in [2.24, 2.45) is 0 Å². The second-order valence-corrected chi connectivity index (χ2v) is 9.00. The molecule has 5 nitrogen and oxygen atoms in total. The van der Waals surface area contributed by atoms with Gasteiger partial charge in [-0.05, 0) is 48.4 Å². The van der Waals surface area contributed by atoms with Gasteiger partial charge in [0.05, 0.1) is 16.1 Å². The number of nitrogens with one attached hydrogen (secondary N) is 2. The van der Waals surface area contributed by atoms with Gasteiger partial charge in [-0.2, -0.15) is 17.9 Å². The Bertz CT molecular complexity index is 1190. The first kappa shape index (κ1) is 23.8. The molecule has 1 atom stereocenters. The zero-order valence-electron chi connectivity index (χ0n) is 16.4. The van der Waals surface area contributed by atoms with Gasteiger partial charge in [0.25, 0.3) is 0 Å². The Labute approximate surface area is 188 Å². The average Bonchev–Trinajstić information content (AvgIpc) is 2.74. The second kappa shape index (κ2) is 9.72. The van der Waals surface area contributed by atoms with Crippen LogP contribution in [0.4, 0.5) is 18.9 Å². The lowest BCUT2D eigenvalue weighted by atomic mass is 10.1. The largest absolute Gasteiger partial charge is 0.418 e. The third-order valence-corrected chi connectivity index (χ3v) is 6.25. The summed E-state index contributed by atoms with van der Waals surface area (Å²) in [5.74, 6) is -0.928. The van der Waals surface area contributed by atoms with Crippen LogP contribution >= 0.6 is 11.6 Å². The van der Waals surface area contributed by atoms with E-state index in [0.29, 0.717) is 10.6 Å². The fraction of sp³-hybridized carbons (Fsp3) is 0.136. The molecular formula is C22H18ClF3N2O3S. The number of sulfonamides is 1. The molecule has 0 saturated heterocycles. The third-order valence-electron chi connectivity index (χ3n) is 4.51. The van der Waals surface area contributed by atoms with Crippen molar-refractivity contribution in [3.8, 4) is 0 Å². The third kappa shape index (κ3) is 6.09. The Kier molecular flexibility index (Phi) is 7.22. The molecule has 2 N–H and O–H groups in total. The first-order chi connectivity index (χ1) is 15.1. The number of carbonyl (C=O) groups excluding carboxylic acids is 1. The number of hydrogen-bond donors (Lipinski definition) is 2. The van der Waals surface area contributed by atoms with Gasteiger partial charge in [-0.15, -0.1) is 0 Å². The summed E-state index contributed by atoms with van der Waals surface area (Å²) in [4.78, 5) is 12.8. The van der Waals surface area contributed by atoms with Crippen molar-refractivity contribution in [3.05, 3.63) is 95.0 Å². The lowest BCUT2D eigenvalue weighted by molar-refractivity contribution is -0.137. The number of para-hydroxylation sites is 1. The number of alkyl halides is 3. The highest BCUT2D eigenvalue weighted by molar-refractivity contribution is 7.89. The van der Waals surface area contributed by atoms with Gasteiger partial charge in [0.2, 0.25) is 15.9 Å². The number of rotatable bonds is 7. The first-order valence-corrected chi connectivity index (χ1v) is 11.2.